The van der Waals surface area contributed by atoms with E-state index in [1.807, 2.05) is 0 Å². The van der Waals surface area contributed by atoms with Crippen molar-refractivity contribution < 1.29 is 27.8 Å². The number of fused-ring (bicyclic) bond motifs is 1. The van der Waals surface area contributed by atoms with E-state index in [0.717, 1.165) is 0 Å². The van der Waals surface area contributed by atoms with Crippen LogP contribution in [0.15, 0.2) is 24.3 Å². The Morgan fingerprint density at radius 2 is 2.06 bits per heavy atom. The second-order valence-electron chi connectivity index (χ2n) is 3.23. The van der Waals surface area contributed by atoms with E-state index in [2.05, 4.69) is 14.2 Å². The maximum Gasteiger partial charge on any atom is 0.586 e. The van der Waals surface area contributed by atoms with Gasteiger partial charge in [-0.1, -0.05) is 6.07 Å². The quantitative estimate of drug-likeness (QED) is 0.589. The lowest BCUT2D eigenvalue weighted by Crippen LogP contribution is -2.25. The molecule has 0 saturated carbocycles. The minimum absolute atomic E-state index is 0.0368. The van der Waals surface area contributed by atoms with Crippen molar-refractivity contribution in [2.45, 2.75) is 6.29 Å². The summed E-state index contributed by atoms with van der Waals surface area (Å²) in [4.78, 5) is 10.8. The lowest BCUT2D eigenvalue weighted by molar-refractivity contribution is -0.286. The van der Waals surface area contributed by atoms with Crippen LogP contribution in [0.2, 0.25) is 0 Å². The Hall–Kier alpha value is -2.11. The maximum absolute atomic E-state index is 12.7. The van der Waals surface area contributed by atoms with Crippen LogP contribution in [0.4, 0.5) is 8.78 Å². The Morgan fingerprint density at radius 1 is 1.35 bits per heavy atom. The van der Waals surface area contributed by atoms with E-state index in [9.17, 15) is 13.6 Å². The highest BCUT2D eigenvalue weighted by molar-refractivity contribution is 5.87. The first-order valence-corrected chi connectivity index (χ1v) is 4.66. The summed E-state index contributed by atoms with van der Waals surface area (Å²) in [5.74, 6) is -0.639. The minimum Gasteiger partial charge on any atom is -0.466 e. The molecule has 0 atom stereocenters. The van der Waals surface area contributed by atoms with Gasteiger partial charge in [-0.15, -0.1) is 8.78 Å². The monoisotopic (exact) mass is 242 g/mol. The molecule has 0 aromatic heterocycles. The zero-order chi connectivity index (χ0) is 12.5. The number of alkyl halides is 2. The van der Waals surface area contributed by atoms with Gasteiger partial charge in [0.2, 0.25) is 0 Å². The number of hydrogen-bond donors (Lipinski definition) is 0. The fraction of sp³-hybridized carbons (Fsp3) is 0.182. The first-order valence-electron chi connectivity index (χ1n) is 4.66. The zero-order valence-electron chi connectivity index (χ0n) is 8.78. The standard InChI is InChI=1S/C11H8F2O4/c1-15-10(14)5-3-7-2-4-8-9(6-7)17-11(12,13)16-8/h2-6H,1H3. The lowest BCUT2D eigenvalue weighted by atomic mass is 10.2. The molecule has 2 rings (SSSR count). The molecule has 0 radical (unpaired) electrons. The van der Waals surface area contributed by atoms with E-state index in [1.165, 1.54) is 37.5 Å². The molecule has 0 fully saturated rings. The van der Waals surface area contributed by atoms with Crippen molar-refractivity contribution in [3.05, 3.63) is 29.8 Å². The van der Waals surface area contributed by atoms with Crippen molar-refractivity contribution in [1.82, 2.24) is 0 Å². The van der Waals surface area contributed by atoms with Crippen LogP contribution < -0.4 is 9.47 Å². The molecule has 17 heavy (non-hydrogen) atoms. The van der Waals surface area contributed by atoms with E-state index in [-0.39, 0.29) is 11.5 Å². The van der Waals surface area contributed by atoms with Crippen LogP contribution in [0.3, 0.4) is 0 Å². The Labute approximate surface area is 95.4 Å². The van der Waals surface area contributed by atoms with E-state index >= 15 is 0 Å². The summed E-state index contributed by atoms with van der Waals surface area (Å²) in [6.45, 7) is 0. The van der Waals surface area contributed by atoms with Gasteiger partial charge in [0.05, 0.1) is 7.11 Å². The highest BCUT2D eigenvalue weighted by Crippen LogP contribution is 2.41. The molecule has 1 aromatic rings. The number of methoxy groups -OCH3 is 1. The predicted octanol–water partition coefficient (Wildman–Crippen LogP) is 2.19. The molecule has 0 unspecified atom stereocenters. The Balaban J connectivity index is 2.19. The summed E-state index contributed by atoms with van der Waals surface area (Å²) in [5.41, 5.74) is 0.524. The van der Waals surface area contributed by atoms with E-state index in [0.29, 0.717) is 5.56 Å². The van der Waals surface area contributed by atoms with E-state index < -0.39 is 12.3 Å². The topological polar surface area (TPSA) is 44.8 Å². The molecule has 0 saturated heterocycles. The second-order valence-corrected chi connectivity index (χ2v) is 3.23. The van der Waals surface area contributed by atoms with Crippen molar-refractivity contribution in [1.29, 1.82) is 0 Å². The van der Waals surface area contributed by atoms with Crippen LogP contribution in [-0.2, 0) is 9.53 Å². The number of carbonyl (C=O) groups excluding carboxylic acids is 1. The first kappa shape index (κ1) is 11.4. The third-order valence-electron chi connectivity index (χ3n) is 2.04. The van der Waals surface area contributed by atoms with Gasteiger partial charge in [-0.2, -0.15) is 0 Å². The van der Waals surface area contributed by atoms with Crippen LogP contribution in [0.1, 0.15) is 5.56 Å². The van der Waals surface area contributed by atoms with Gasteiger partial charge in [0, 0.05) is 6.08 Å². The molecule has 0 aliphatic carbocycles. The fourth-order valence-corrected chi connectivity index (χ4v) is 1.30. The average Bonchev–Trinajstić information content (AvgIpc) is 2.58. The summed E-state index contributed by atoms with van der Waals surface area (Å²) >= 11 is 0. The number of carbonyl (C=O) groups is 1. The van der Waals surface area contributed by atoms with Crippen LogP contribution in [0.5, 0.6) is 11.5 Å². The summed E-state index contributed by atoms with van der Waals surface area (Å²) in [6.07, 6.45) is -1.03. The number of rotatable bonds is 2. The van der Waals surface area contributed by atoms with E-state index in [4.69, 9.17) is 0 Å². The van der Waals surface area contributed by atoms with Crippen LogP contribution in [0.25, 0.3) is 6.08 Å². The molecule has 0 amide bonds. The van der Waals surface area contributed by atoms with Crippen molar-refractivity contribution in [2.24, 2.45) is 0 Å². The third-order valence-corrected chi connectivity index (χ3v) is 2.04. The minimum atomic E-state index is -3.63. The maximum atomic E-state index is 12.7. The molecule has 0 N–H and O–H groups in total. The van der Waals surface area contributed by atoms with Crippen LogP contribution in [-0.4, -0.2) is 19.4 Å². The Bertz CT molecular complexity index is 482. The Kier molecular flexibility index (Phi) is 2.71. The van der Waals surface area contributed by atoms with Gasteiger partial charge in [0.15, 0.2) is 11.5 Å². The largest absolute Gasteiger partial charge is 0.586 e. The molecule has 90 valence electrons. The van der Waals surface area contributed by atoms with Gasteiger partial charge in [0.1, 0.15) is 0 Å². The fourth-order valence-electron chi connectivity index (χ4n) is 1.30. The molecule has 6 heteroatoms. The summed E-state index contributed by atoms with van der Waals surface area (Å²) in [6, 6.07) is 4.20. The molecule has 1 heterocycles. The number of ether oxygens (including phenoxy) is 3. The van der Waals surface area contributed by atoms with Crippen molar-refractivity contribution >= 4 is 12.0 Å². The Morgan fingerprint density at radius 3 is 2.76 bits per heavy atom. The van der Waals surface area contributed by atoms with Gasteiger partial charge in [-0.05, 0) is 23.8 Å². The number of halogens is 2. The van der Waals surface area contributed by atoms with Crippen molar-refractivity contribution in [3.63, 3.8) is 0 Å². The number of hydrogen-bond acceptors (Lipinski definition) is 4. The SMILES string of the molecule is COC(=O)C=Cc1ccc2c(c1)OC(F)(F)O2. The van der Waals surface area contributed by atoms with Gasteiger partial charge in [-0.3, -0.25) is 0 Å². The highest BCUT2D eigenvalue weighted by atomic mass is 19.3. The van der Waals surface area contributed by atoms with E-state index in [1.54, 1.807) is 0 Å². The van der Waals surface area contributed by atoms with Crippen LogP contribution >= 0.6 is 0 Å². The molecular weight excluding hydrogens is 234 g/mol. The third kappa shape index (κ3) is 2.52. The lowest BCUT2D eigenvalue weighted by Gasteiger charge is -2.04. The number of esters is 1. The van der Waals surface area contributed by atoms with Gasteiger partial charge in [0.25, 0.3) is 0 Å². The molecule has 1 aromatic carbocycles. The number of benzene rings is 1. The van der Waals surface area contributed by atoms with Gasteiger partial charge >= 0.3 is 12.3 Å². The molecule has 4 nitrogen and oxygen atoms in total. The molecule has 0 bridgehead atoms. The summed E-state index contributed by atoms with van der Waals surface area (Å²) < 4.78 is 38.3. The van der Waals surface area contributed by atoms with Crippen molar-refractivity contribution in [2.75, 3.05) is 7.11 Å². The summed E-state index contributed by atoms with van der Waals surface area (Å²) in [5, 5.41) is 0. The van der Waals surface area contributed by atoms with Gasteiger partial charge in [-0.25, -0.2) is 4.79 Å². The van der Waals surface area contributed by atoms with Crippen molar-refractivity contribution in [3.8, 4) is 11.5 Å². The first-order chi connectivity index (χ1) is 8.00. The zero-order valence-corrected chi connectivity index (χ0v) is 8.78. The molecule has 0 spiro atoms. The summed E-state index contributed by atoms with van der Waals surface area (Å²) in [7, 11) is 1.24. The normalized spacial score (nSPS) is 16.2. The molecule has 1 aliphatic rings. The predicted molar refractivity (Wildman–Crippen MR) is 53.7 cm³/mol. The molecule has 1 aliphatic heterocycles. The molecular formula is C11H8F2O4. The average molecular weight is 242 g/mol. The highest BCUT2D eigenvalue weighted by Gasteiger charge is 2.43. The van der Waals surface area contributed by atoms with Gasteiger partial charge < -0.3 is 14.2 Å². The smallest absolute Gasteiger partial charge is 0.466 e. The second kappa shape index (κ2) is 4.04. The van der Waals surface area contributed by atoms with Crippen LogP contribution in [0, 0.1) is 0 Å².